The minimum atomic E-state index is 0.00790. The van der Waals surface area contributed by atoms with Crippen LogP contribution in [0.15, 0.2) is 29.3 Å². The topological polar surface area (TPSA) is 70.7 Å². The molecule has 1 aromatic carbocycles. The van der Waals surface area contributed by atoms with Crippen molar-refractivity contribution in [2.45, 2.75) is 44.7 Å². The minimum absolute atomic E-state index is 0.00790. The molecule has 1 saturated carbocycles. The Labute approximate surface area is 132 Å². The summed E-state index contributed by atoms with van der Waals surface area (Å²) in [5, 5.41) is 3.30. The zero-order valence-corrected chi connectivity index (χ0v) is 13.5. The van der Waals surface area contributed by atoms with Gasteiger partial charge in [0.25, 0.3) is 5.91 Å². The lowest BCUT2D eigenvalue weighted by atomic mass is 9.96. The molecule has 1 aliphatic carbocycles. The number of rotatable bonds is 4. The molecule has 1 aliphatic rings. The third-order valence-corrected chi connectivity index (χ3v) is 4.00. The number of amides is 1. The van der Waals surface area contributed by atoms with E-state index in [2.05, 4.69) is 10.3 Å². The van der Waals surface area contributed by atoms with Crippen molar-refractivity contribution in [3.63, 3.8) is 0 Å². The largest absolute Gasteiger partial charge is 0.370 e. The standard InChI is InChI=1S/C17H26N4O/c1-21(2)16(22)14-10-8-13(9-11-14)12-19-17(18)20-15-6-4-3-5-7-15/h8-11,15H,3-7,12H2,1-2H3,(H3,18,19,20). The number of benzene rings is 1. The molecule has 5 heteroatoms. The first kappa shape index (κ1) is 16.3. The monoisotopic (exact) mass is 302 g/mol. The molecule has 1 amide bonds. The molecule has 0 aromatic heterocycles. The van der Waals surface area contributed by atoms with Crippen molar-refractivity contribution in [1.82, 2.24) is 10.2 Å². The van der Waals surface area contributed by atoms with E-state index in [4.69, 9.17) is 5.73 Å². The van der Waals surface area contributed by atoms with Crippen molar-refractivity contribution in [2.24, 2.45) is 10.7 Å². The van der Waals surface area contributed by atoms with E-state index in [0.29, 0.717) is 24.1 Å². The predicted octanol–water partition coefficient (Wildman–Crippen LogP) is 2.13. The highest BCUT2D eigenvalue weighted by Crippen LogP contribution is 2.17. The summed E-state index contributed by atoms with van der Waals surface area (Å²) in [7, 11) is 3.50. The van der Waals surface area contributed by atoms with Crippen molar-refractivity contribution >= 4 is 11.9 Å². The van der Waals surface area contributed by atoms with Gasteiger partial charge in [0.15, 0.2) is 5.96 Å². The number of aliphatic imine (C=N–C) groups is 1. The van der Waals surface area contributed by atoms with Gasteiger partial charge in [-0.1, -0.05) is 31.4 Å². The fourth-order valence-corrected chi connectivity index (χ4v) is 2.69. The number of carbonyl (C=O) groups excluding carboxylic acids is 1. The Kier molecular flexibility index (Phi) is 5.81. The number of carbonyl (C=O) groups is 1. The molecule has 0 saturated heterocycles. The van der Waals surface area contributed by atoms with Gasteiger partial charge in [-0.3, -0.25) is 4.79 Å². The Morgan fingerprint density at radius 2 is 1.86 bits per heavy atom. The molecule has 3 N–H and O–H groups in total. The van der Waals surface area contributed by atoms with Gasteiger partial charge in [-0.05, 0) is 30.5 Å². The second kappa shape index (κ2) is 7.82. The van der Waals surface area contributed by atoms with Crippen LogP contribution in [0.1, 0.15) is 48.0 Å². The van der Waals surface area contributed by atoms with E-state index in [-0.39, 0.29) is 5.91 Å². The maximum absolute atomic E-state index is 11.8. The van der Waals surface area contributed by atoms with Crippen LogP contribution in [0.3, 0.4) is 0 Å². The van der Waals surface area contributed by atoms with Crippen LogP contribution in [-0.2, 0) is 6.54 Å². The lowest BCUT2D eigenvalue weighted by molar-refractivity contribution is 0.0827. The van der Waals surface area contributed by atoms with E-state index in [0.717, 1.165) is 5.56 Å². The summed E-state index contributed by atoms with van der Waals surface area (Å²) >= 11 is 0. The van der Waals surface area contributed by atoms with Crippen molar-refractivity contribution in [3.8, 4) is 0 Å². The molecule has 0 heterocycles. The van der Waals surface area contributed by atoms with Gasteiger partial charge in [0, 0.05) is 25.7 Å². The van der Waals surface area contributed by atoms with Gasteiger partial charge in [-0.2, -0.15) is 0 Å². The summed E-state index contributed by atoms with van der Waals surface area (Å²) in [5.74, 6) is 0.522. The average molecular weight is 302 g/mol. The molecule has 0 unspecified atom stereocenters. The van der Waals surface area contributed by atoms with Gasteiger partial charge in [0.1, 0.15) is 0 Å². The van der Waals surface area contributed by atoms with Crippen molar-refractivity contribution in [2.75, 3.05) is 14.1 Å². The third-order valence-electron chi connectivity index (χ3n) is 4.00. The second-order valence-corrected chi connectivity index (χ2v) is 6.08. The molecular formula is C17H26N4O. The zero-order chi connectivity index (χ0) is 15.9. The summed E-state index contributed by atoms with van der Waals surface area (Å²) in [6.07, 6.45) is 6.22. The molecule has 0 bridgehead atoms. The van der Waals surface area contributed by atoms with Crippen molar-refractivity contribution in [3.05, 3.63) is 35.4 Å². The van der Waals surface area contributed by atoms with Crippen LogP contribution in [-0.4, -0.2) is 36.9 Å². The highest BCUT2D eigenvalue weighted by molar-refractivity contribution is 5.93. The molecule has 0 aliphatic heterocycles. The number of nitrogens with one attached hydrogen (secondary N) is 1. The number of guanidine groups is 1. The second-order valence-electron chi connectivity index (χ2n) is 6.08. The Balaban J connectivity index is 1.87. The molecule has 22 heavy (non-hydrogen) atoms. The molecule has 1 aromatic rings. The molecule has 0 atom stereocenters. The lowest BCUT2D eigenvalue weighted by Crippen LogP contribution is -2.41. The smallest absolute Gasteiger partial charge is 0.253 e. The molecule has 0 spiro atoms. The van der Waals surface area contributed by atoms with Crippen molar-refractivity contribution in [1.29, 1.82) is 0 Å². The first-order valence-electron chi connectivity index (χ1n) is 7.93. The van der Waals surface area contributed by atoms with Crippen molar-refractivity contribution < 1.29 is 4.79 Å². The van der Waals surface area contributed by atoms with Crippen LogP contribution in [0.25, 0.3) is 0 Å². The summed E-state index contributed by atoms with van der Waals surface area (Å²) in [6.45, 7) is 0.530. The molecule has 5 nitrogen and oxygen atoms in total. The van der Waals surface area contributed by atoms with Crippen LogP contribution in [0, 0.1) is 0 Å². The van der Waals surface area contributed by atoms with Gasteiger partial charge < -0.3 is 16.0 Å². The van der Waals surface area contributed by atoms with Crippen LogP contribution in [0.4, 0.5) is 0 Å². The van der Waals surface area contributed by atoms with Gasteiger partial charge in [0.2, 0.25) is 0 Å². The number of nitrogens with two attached hydrogens (primary N) is 1. The van der Waals surface area contributed by atoms with Crippen LogP contribution < -0.4 is 11.1 Å². The van der Waals surface area contributed by atoms with Gasteiger partial charge in [-0.25, -0.2) is 4.99 Å². The lowest BCUT2D eigenvalue weighted by Gasteiger charge is -2.23. The summed E-state index contributed by atoms with van der Waals surface area (Å²) in [4.78, 5) is 17.8. The SMILES string of the molecule is CN(C)C(=O)c1ccc(CN=C(N)NC2CCCCC2)cc1. The summed E-state index contributed by atoms with van der Waals surface area (Å²) in [5.41, 5.74) is 7.68. The fourth-order valence-electron chi connectivity index (χ4n) is 2.69. The number of nitrogens with zero attached hydrogens (tertiary/aromatic N) is 2. The Morgan fingerprint density at radius 1 is 1.23 bits per heavy atom. The minimum Gasteiger partial charge on any atom is -0.370 e. The zero-order valence-electron chi connectivity index (χ0n) is 13.5. The van der Waals surface area contributed by atoms with Crippen LogP contribution in [0.5, 0.6) is 0 Å². The molecule has 120 valence electrons. The van der Waals surface area contributed by atoms with E-state index in [1.54, 1.807) is 19.0 Å². The molecule has 1 fully saturated rings. The predicted molar refractivity (Wildman–Crippen MR) is 89.8 cm³/mol. The maximum atomic E-state index is 11.8. The van der Waals surface area contributed by atoms with E-state index >= 15 is 0 Å². The fraction of sp³-hybridized carbons (Fsp3) is 0.529. The third kappa shape index (κ3) is 4.76. The van der Waals surface area contributed by atoms with E-state index in [9.17, 15) is 4.79 Å². The molecular weight excluding hydrogens is 276 g/mol. The first-order valence-corrected chi connectivity index (χ1v) is 7.93. The number of hydrogen-bond acceptors (Lipinski definition) is 2. The maximum Gasteiger partial charge on any atom is 0.253 e. The van der Waals surface area contributed by atoms with Gasteiger partial charge in [-0.15, -0.1) is 0 Å². The quantitative estimate of drug-likeness (QED) is 0.661. The van der Waals surface area contributed by atoms with Gasteiger partial charge in [0.05, 0.1) is 6.54 Å². The van der Waals surface area contributed by atoms with Crippen LogP contribution >= 0.6 is 0 Å². The first-order chi connectivity index (χ1) is 10.6. The molecule has 0 radical (unpaired) electrons. The van der Waals surface area contributed by atoms with Gasteiger partial charge >= 0.3 is 0 Å². The highest BCUT2D eigenvalue weighted by Gasteiger charge is 2.13. The van der Waals surface area contributed by atoms with Crippen LogP contribution in [0.2, 0.25) is 0 Å². The Morgan fingerprint density at radius 3 is 2.45 bits per heavy atom. The average Bonchev–Trinajstić information content (AvgIpc) is 2.53. The Hall–Kier alpha value is -2.04. The van der Waals surface area contributed by atoms with E-state index in [1.165, 1.54) is 32.1 Å². The summed E-state index contributed by atoms with van der Waals surface area (Å²) in [6, 6.07) is 7.98. The van der Waals surface area contributed by atoms with E-state index < -0.39 is 0 Å². The normalized spacial score (nSPS) is 16.4. The number of hydrogen-bond donors (Lipinski definition) is 2. The molecule has 2 rings (SSSR count). The highest BCUT2D eigenvalue weighted by atomic mass is 16.2. The Bertz CT molecular complexity index is 516. The summed E-state index contributed by atoms with van der Waals surface area (Å²) < 4.78 is 0. The van der Waals surface area contributed by atoms with E-state index in [1.807, 2.05) is 24.3 Å².